The third kappa shape index (κ3) is 2.49. The number of nitrogens with two attached hydrogens (primary N) is 1. The molecule has 0 unspecified atom stereocenters. The lowest BCUT2D eigenvalue weighted by Crippen LogP contribution is -2.36. The molecule has 1 aliphatic rings. The first kappa shape index (κ1) is 11.7. The molecule has 2 heterocycles. The largest absolute Gasteiger partial charge is 0.465 e. The zero-order valence-electron chi connectivity index (χ0n) is 9.89. The van der Waals surface area contributed by atoms with Gasteiger partial charge in [0.25, 0.3) is 0 Å². The van der Waals surface area contributed by atoms with Crippen molar-refractivity contribution in [3.8, 4) is 0 Å². The summed E-state index contributed by atoms with van der Waals surface area (Å²) in [5.41, 5.74) is 7.96. The normalized spacial score (nSPS) is 17.1. The van der Waals surface area contributed by atoms with Crippen molar-refractivity contribution in [2.75, 3.05) is 18.8 Å². The summed E-state index contributed by atoms with van der Waals surface area (Å²) in [7, 11) is 0. The Morgan fingerprint density at radius 3 is 2.71 bits per heavy atom. The monoisotopic (exact) mass is 235 g/mol. The lowest BCUT2D eigenvalue weighted by molar-refractivity contribution is 0.132. The third-order valence-corrected chi connectivity index (χ3v) is 3.38. The maximum atomic E-state index is 10.8. The van der Waals surface area contributed by atoms with E-state index in [1.54, 1.807) is 0 Å². The van der Waals surface area contributed by atoms with Crippen LogP contribution in [0.2, 0.25) is 0 Å². The van der Waals surface area contributed by atoms with Crippen LogP contribution in [0, 0.1) is 6.92 Å². The van der Waals surface area contributed by atoms with E-state index in [0.717, 1.165) is 18.4 Å². The fourth-order valence-electron chi connectivity index (χ4n) is 2.40. The van der Waals surface area contributed by atoms with Gasteiger partial charge in [0.15, 0.2) is 0 Å². The SMILES string of the molecule is Cc1cc(N)ncc1C1CCN(C(=O)O)CC1. The number of anilines is 1. The van der Waals surface area contributed by atoms with Crippen LogP contribution in [0.15, 0.2) is 12.3 Å². The molecule has 1 aliphatic heterocycles. The van der Waals surface area contributed by atoms with Crippen LogP contribution in [0.1, 0.15) is 29.9 Å². The van der Waals surface area contributed by atoms with E-state index >= 15 is 0 Å². The van der Waals surface area contributed by atoms with E-state index in [2.05, 4.69) is 4.98 Å². The van der Waals surface area contributed by atoms with Gasteiger partial charge in [0.05, 0.1) is 0 Å². The van der Waals surface area contributed by atoms with E-state index in [9.17, 15) is 4.79 Å². The van der Waals surface area contributed by atoms with Crippen LogP contribution in [0.5, 0.6) is 0 Å². The molecule has 1 aromatic rings. The van der Waals surface area contributed by atoms with Gasteiger partial charge in [0.2, 0.25) is 0 Å². The number of aryl methyl sites for hydroxylation is 1. The molecule has 17 heavy (non-hydrogen) atoms. The first-order chi connectivity index (χ1) is 8.08. The summed E-state index contributed by atoms with van der Waals surface area (Å²) in [6, 6.07) is 1.87. The van der Waals surface area contributed by atoms with Crippen molar-refractivity contribution in [1.82, 2.24) is 9.88 Å². The van der Waals surface area contributed by atoms with Crippen molar-refractivity contribution in [1.29, 1.82) is 0 Å². The molecule has 2 rings (SSSR count). The average Bonchev–Trinajstić information content (AvgIpc) is 2.29. The molecule has 92 valence electrons. The Labute approximate surface area is 100 Å². The fourth-order valence-corrected chi connectivity index (χ4v) is 2.40. The van der Waals surface area contributed by atoms with Crippen LogP contribution in [-0.4, -0.2) is 34.2 Å². The van der Waals surface area contributed by atoms with Crippen LogP contribution >= 0.6 is 0 Å². The number of carboxylic acid groups (broad SMARTS) is 1. The van der Waals surface area contributed by atoms with Gasteiger partial charge < -0.3 is 15.7 Å². The van der Waals surface area contributed by atoms with Crippen molar-refractivity contribution in [3.63, 3.8) is 0 Å². The van der Waals surface area contributed by atoms with Gasteiger partial charge in [-0.15, -0.1) is 0 Å². The van der Waals surface area contributed by atoms with Crippen LogP contribution in [0.4, 0.5) is 10.6 Å². The quantitative estimate of drug-likeness (QED) is 0.778. The Balaban J connectivity index is 2.08. The molecule has 1 saturated heterocycles. The molecule has 1 fully saturated rings. The highest BCUT2D eigenvalue weighted by Gasteiger charge is 2.24. The van der Waals surface area contributed by atoms with Crippen molar-refractivity contribution >= 4 is 11.9 Å². The Morgan fingerprint density at radius 2 is 2.18 bits per heavy atom. The van der Waals surface area contributed by atoms with Crippen LogP contribution in [0.3, 0.4) is 0 Å². The summed E-state index contributed by atoms with van der Waals surface area (Å²) in [5.74, 6) is 0.938. The number of hydrogen-bond donors (Lipinski definition) is 2. The van der Waals surface area contributed by atoms with Crippen molar-refractivity contribution in [3.05, 3.63) is 23.4 Å². The number of rotatable bonds is 1. The Hall–Kier alpha value is -1.78. The van der Waals surface area contributed by atoms with Gasteiger partial charge in [-0.2, -0.15) is 0 Å². The van der Waals surface area contributed by atoms with E-state index in [0.29, 0.717) is 24.8 Å². The van der Waals surface area contributed by atoms with Gasteiger partial charge in [-0.1, -0.05) is 0 Å². The highest BCUT2D eigenvalue weighted by atomic mass is 16.4. The third-order valence-electron chi connectivity index (χ3n) is 3.38. The van der Waals surface area contributed by atoms with E-state index in [1.165, 1.54) is 10.5 Å². The number of aromatic nitrogens is 1. The highest BCUT2D eigenvalue weighted by Crippen LogP contribution is 2.30. The van der Waals surface area contributed by atoms with Gasteiger partial charge in [-0.05, 0) is 42.9 Å². The topological polar surface area (TPSA) is 79.5 Å². The number of pyridine rings is 1. The molecular weight excluding hydrogens is 218 g/mol. The maximum Gasteiger partial charge on any atom is 0.407 e. The molecule has 3 N–H and O–H groups in total. The van der Waals surface area contributed by atoms with E-state index in [4.69, 9.17) is 10.8 Å². The molecule has 0 atom stereocenters. The molecule has 0 bridgehead atoms. The summed E-state index contributed by atoms with van der Waals surface area (Å²) >= 11 is 0. The Kier molecular flexibility index (Phi) is 3.17. The summed E-state index contributed by atoms with van der Waals surface area (Å²) < 4.78 is 0. The Bertz CT molecular complexity index is 426. The zero-order valence-corrected chi connectivity index (χ0v) is 9.89. The first-order valence-electron chi connectivity index (χ1n) is 5.78. The molecule has 1 aromatic heterocycles. The van der Waals surface area contributed by atoms with Crippen molar-refractivity contribution in [2.45, 2.75) is 25.7 Å². The first-order valence-corrected chi connectivity index (χ1v) is 5.78. The van der Waals surface area contributed by atoms with Crippen molar-refractivity contribution < 1.29 is 9.90 Å². The van der Waals surface area contributed by atoms with E-state index < -0.39 is 6.09 Å². The highest BCUT2D eigenvalue weighted by molar-refractivity contribution is 5.65. The number of piperidine rings is 1. The van der Waals surface area contributed by atoms with Gasteiger partial charge in [0.1, 0.15) is 5.82 Å². The minimum atomic E-state index is -0.824. The minimum Gasteiger partial charge on any atom is -0.465 e. The summed E-state index contributed by atoms with van der Waals surface area (Å²) in [6.45, 7) is 3.23. The molecule has 0 saturated carbocycles. The van der Waals surface area contributed by atoms with E-state index in [-0.39, 0.29) is 0 Å². The van der Waals surface area contributed by atoms with E-state index in [1.807, 2.05) is 19.2 Å². The minimum absolute atomic E-state index is 0.402. The van der Waals surface area contributed by atoms with Gasteiger partial charge >= 0.3 is 6.09 Å². The van der Waals surface area contributed by atoms with Gasteiger partial charge in [-0.25, -0.2) is 9.78 Å². The molecular formula is C12H17N3O2. The fraction of sp³-hybridized carbons (Fsp3) is 0.500. The predicted molar refractivity (Wildman–Crippen MR) is 65.0 cm³/mol. The predicted octanol–water partition coefficient (Wildman–Crippen LogP) is 1.83. The lowest BCUT2D eigenvalue weighted by Gasteiger charge is -2.30. The Morgan fingerprint density at radius 1 is 1.53 bits per heavy atom. The number of nitrogens with zero attached hydrogens (tertiary/aromatic N) is 2. The molecule has 0 radical (unpaired) electrons. The number of nitrogen functional groups attached to an aromatic ring is 1. The summed E-state index contributed by atoms with van der Waals surface area (Å²) in [6.07, 6.45) is 2.72. The molecule has 0 spiro atoms. The van der Waals surface area contributed by atoms with Crippen LogP contribution < -0.4 is 5.73 Å². The second-order valence-corrected chi connectivity index (χ2v) is 4.51. The number of likely N-dealkylation sites (tertiary alicyclic amines) is 1. The van der Waals surface area contributed by atoms with Crippen molar-refractivity contribution in [2.24, 2.45) is 0 Å². The summed E-state index contributed by atoms with van der Waals surface area (Å²) in [4.78, 5) is 16.4. The molecule has 1 amide bonds. The maximum absolute atomic E-state index is 10.8. The molecule has 0 aromatic carbocycles. The molecule has 5 nitrogen and oxygen atoms in total. The second-order valence-electron chi connectivity index (χ2n) is 4.51. The van der Waals surface area contributed by atoms with Crippen LogP contribution in [-0.2, 0) is 0 Å². The lowest BCUT2D eigenvalue weighted by atomic mass is 9.88. The zero-order chi connectivity index (χ0) is 12.4. The smallest absolute Gasteiger partial charge is 0.407 e. The average molecular weight is 235 g/mol. The number of carbonyl (C=O) groups is 1. The summed E-state index contributed by atoms with van der Waals surface area (Å²) in [5, 5.41) is 8.88. The molecule has 0 aliphatic carbocycles. The van der Waals surface area contributed by atoms with Gasteiger partial charge in [-0.3, -0.25) is 0 Å². The standard InChI is InChI=1S/C12H17N3O2/c1-8-6-11(13)14-7-10(8)9-2-4-15(5-3-9)12(16)17/h6-7,9H,2-5H2,1H3,(H2,13,14)(H,16,17). The van der Waals surface area contributed by atoms with Crippen LogP contribution in [0.25, 0.3) is 0 Å². The number of hydrogen-bond acceptors (Lipinski definition) is 3. The van der Waals surface area contributed by atoms with Gasteiger partial charge in [0, 0.05) is 19.3 Å². The number of amides is 1. The molecule has 5 heteroatoms. The second kappa shape index (κ2) is 4.61.